The van der Waals surface area contributed by atoms with Gasteiger partial charge in [-0.25, -0.2) is 0 Å². The third-order valence-corrected chi connectivity index (χ3v) is 1.88. The lowest BCUT2D eigenvalue weighted by Gasteiger charge is -2.02. The van der Waals surface area contributed by atoms with E-state index >= 15 is 0 Å². The quantitative estimate of drug-likeness (QED) is 0.799. The maximum Gasteiger partial charge on any atom is 0.0416 e. The summed E-state index contributed by atoms with van der Waals surface area (Å²) >= 11 is 3.29. The van der Waals surface area contributed by atoms with Crippen molar-refractivity contribution in [2.24, 2.45) is 0 Å². The van der Waals surface area contributed by atoms with Crippen LogP contribution in [0.2, 0.25) is 0 Å². The van der Waals surface area contributed by atoms with Crippen LogP contribution in [0, 0.1) is 0 Å². The minimum Gasteiger partial charge on any atom is -0.312 e. The molecule has 0 aromatic carbocycles. The molecule has 0 aliphatic heterocycles. The average Bonchev–Trinajstić information content (AvgIpc) is 2.14. The van der Waals surface area contributed by atoms with Crippen molar-refractivity contribution in [3.05, 3.63) is 41.2 Å². The Morgan fingerprint density at radius 2 is 2.38 bits per heavy atom. The van der Waals surface area contributed by atoms with Crippen molar-refractivity contribution in [1.82, 2.24) is 10.3 Å². The zero-order valence-electron chi connectivity index (χ0n) is 7.46. The summed E-state index contributed by atoms with van der Waals surface area (Å²) in [5, 5.41) is 3.25. The fraction of sp³-hybridized carbons (Fsp3) is 0.300. The summed E-state index contributed by atoms with van der Waals surface area (Å²) in [6.07, 6.45) is 2.78. The third kappa shape index (κ3) is 4.80. The summed E-state index contributed by atoms with van der Waals surface area (Å²) in [6, 6.07) is 5.97. The molecule has 0 saturated heterocycles. The van der Waals surface area contributed by atoms with Gasteiger partial charge in [-0.3, -0.25) is 4.98 Å². The van der Waals surface area contributed by atoms with E-state index in [4.69, 9.17) is 0 Å². The second-order valence-electron chi connectivity index (χ2n) is 2.77. The highest BCUT2D eigenvalue weighted by Gasteiger charge is 1.92. The molecule has 3 heteroatoms. The Kier molecular flexibility index (Phi) is 4.72. The largest absolute Gasteiger partial charge is 0.312 e. The number of nitrogens with zero attached hydrogens (tertiary/aromatic N) is 1. The average molecular weight is 241 g/mol. The molecule has 1 aromatic rings. The first kappa shape index (κ1) is 10.4. The maximum absolute atomic E-state index is 4.22. The molecule has 13 heavy (non-hydrogen) atoms. The summed E-state index contributed by atoms with van der Waals surface area (Å²) in [6.45, 7) is 5.48. The van der Waals surface area contributed by atoms with Crippen LogP contribution in [-0.4, -0.2) is 18.1 Å². The SMILES string of the molecule is C=C(Br)CNCCc1ccccn1. The van der Waals surface area contributed by atoms with Gasteiger partial charge >= 0.3 is 0 Å². The molecule has 0 unspecified atom stereocenters. The van der Waals surface area contributed by atoms with E-state index in [-0.39, 0.29) is 0 Å². The first-order valence-electron chi connectivity index (χ1n) is 4.23. The molecule has 0 aliphatic rings. The van der Waals surface area contributed by atoms with E-state index in [1.165, 1.54) is 0 Å². The van der Waals surface area contributed by atoms with Crippen LogP contribution in [0.25, 0.3) is 0 Å². The zero-order valence-corrected chi connectivity index (χ0v) is 9.05. The highest BCUT2D eigenvalue weighted by Crippen LogP contribution is 1.97. The highest BCUT2D eigenvalue weighted by atomic mass is 79.9. The number of pyridine rings is 1. The lowest BCUT2D eigenvalue weighted by molar-refractivity contribution is 0.732. The Morgan fingerprint density at radius 3 is 3.00 bits per heavy atom. The third-order valence-electron chi connectivity index (χ3n) is 1.60. The number of hydrogen-bond donors (Lipinski definition) is 1. The summed E-state index contributed by atoms with van der Waals surface area (Å²) in [4.78, 5) is 4.22. The minimum absolute atomic E-state index is 0.812. The van der Waals surface area contributed by atoms with Crippen LogP contribution in [0.1, 0.15) is 5.69 Å². The monoisotopic (exact) mass is 240 g/mol. The number of aromatic nitrogens is 1. The van der Waals surface area contributed by atoms with Gasteiger partial charge in [0.25, 0.3) is 0 Å². The molecule has 1 rings (SSSR count). The smallest absolute Gasteiger partial charge is 0.0416 e. The number of halogens is 1. The van der Waals surface area contributed by atoms with Crippen LogP contribution in [0.15, 0.2) is 35.5 Å². The highest BCUT2D eigenvalue weighted by molar-refractivity contribution is 9.11. The van der Waals surface area contributed by atoms with Gasteiger partial charge in [0.1, 0.15) is 0 Å². The van der Waals surface area contributed by atoms with Crippen molar-refractivity contribution >= 4 is 15.9 Å². The Morgan fingerprint density at radius 1 is 1.54 bits per heavy atom. The molecule has 0 atom stereocenters. The molecule has 1 heterocycles. The second-order valence-corrected chi connectivity index (χ2v) is 3.89. The van der Waals surface area contributed by atoms with Gasteiger partial charge in [-0.05, 0) is 12.1 Å². The topological polar surface area (TPSA) is 24.9 Å². The van der Waals surface area contributed by atoms with E-state index in [9.17, 15) is 0 Å². The summed E-state index contributed by atoms with van der Waals surface area (Å²) in [5.41, 5.74) is 1.12. The first-order chi connectivity index (χ1) is 6.29. The van der Waals surface area contributed by atoms with Crippen LogP contribution < -0.4 is 5.32 Å². The Labute approximate surface area is 87.2 Å². The van der Waals surface area contributed by atoms with E-state index in [2.05, 4.69) is 32.8 Å². The van der Waals surface area contributed by atoms with Crippen molar-refractivity contribution in [1.29, 1.82) is 0 Å². The maximum atomic E-state index is 4.22. The lowest BCUT2D eigenvalue weighted by atomic mass is 10.3. The van der Waals surface area contributed by atoms with Crippen LogP contribution in [0.4, 0.5) is 0 Å². The van der Waals surface area contributed by atoms with Crippen LogP contribution in [-0.2, 0) is 6.42 Å². The minimum atomic E-state index is 0.812. The molecule has 0 spiro atoms. The van der Waals surface area contributed by atoms with Crippen LogP contribution >= 0.6 is 15.9 Å². The van der Waals surface area contributed by atoms with Crippen molar-refractivity contribution in [2.75, 3.05) is 13.1 Å². The molecule has 0 radical (unpaired) electrons. The molecule has 0 bridgehead atoms. The van der Waals surface area contributed by atoms with Crippen molar-refractivity contribution in [2.45, 2.75) is 6.42 Å². The molecule has 1 N–H and O–H groups in total. The Hall–Kier alpha value is -0.670. The molecule has 70 valence electrons. The fourth-order valence-electron chi connectivity index (χ4n) is 0.986. The lowest BCUT2D eigenvalue weighted by Crippen LogP contribution is -2.18. The molecular formula is C10H13BrN2. The zero-order chi connectivity index (χ0) is 9.52. The Balaban J connectivity index is 2.17. The van der Waals surface area contributed by atoms with E-state index in [1.807, 2.05) is 24.4 Å². The standard InChI is InChI=1S/C10H13BrN2/c1-9(11)8-12-7-5-10-4-2-3-6-13-10/h2-4,6,12H,1,5,7-8H2. The summed E-state index contributed by atoms with van der Waals surface area (Å²) < 4.78 is 0.980. The predicted octanol–water partition coefficient (Wildman–Crippen LogP) is 2.12. The summed E-state index contributed by atoms with van der Waals surface area (Å²) in [5.74, 6) is 0. The van der Waals surface area contributed by atoms with E-state index < -0.39 is 0 Å². The normalized spacial score (nSPS) is 9.92. The second kappa shape index (κ2) is 5.89. The van der Waals surface area contributed by atoms with Gasteiger partial charge in [-0.1, -0.05) is 28.6 Å². The number of rotatable bonds is 5. The van der Waals surface area contributed by atoms with Crippen molar-refractivity contribution in [3.63, 3.8) is 0 Å². The number of nitrogens with one attached hydrogen (secondary N) is 1. The fourth-order valence-corrected chi connectivity index (χ4v) is 1.18. The van der Waals surface area contributed by atoms with Crippen LogP contribution in [0.3, 0.4) is 0 Å². The van der Waals surface area contributed by atoms with Gasteiger partial charge in [0.15, 0.2) is 0 Å². The molecule has 0 saturated carbocycles. The molecule has 1 aromatic heterocycles. The molecular weight excluding hydrogens is 228 g/mol. The summed E-state index contributed by atoms with van der Waals surface area (Å²) in [7, 11) is 0. The van der Waals surface area contributed by atoms with Gasteiger partial charge in [-0.15, -0.1) is 0 Å². The van der Waals surface area contributed by atoms with Crippen LogP contribution in [0.5, 0.6) is 0 Å². The molecule has 0 aliphatic carbocycles. The Bertz CT molecular complexity index is 259. The number of hydrogen-bond acceptors (Lipinski definition) is 2. The first-order valence-corrected chi connectivity index (χ1v) is 5.02. The van der Waals surface area contributed by atoms with E-state index in [0.29, 0.717) is 0 Å². The van der Waals surface area contributed by atoms with Crippen molar-refractivity contribution in [3.8, 4) is 0 Å². The van der Waals surface area contributed by atoms with Gasteiger partial charge in [0, 0.05) is 35.9 Å². The van der Waals surface area contributed by atoms with Gasteiger partial charge in [0.2, 0.25) is 0 Å². The molecule has 2 nitrogen and oxygen atoms in total. The van der Waals surface area contributed by atoms with Gasteiger partial charge in [-0.2, -0.15) is 0 Å². The van der Waals surface area contributed by atoms with E-state index in [1.54, 1.807) is 0 Å². The van der Waals surface area contributed by atoms with Gasteiger partial charge < -0.3 is 5.32 Å². The predicted molar refractivity (Wildman–Crippen MR) is 58.9 cm³/mol. The van der Waals surface area contributed by atoms with Gasteiger partial charge in [0.05, 0.1) is 0 Å². The molecule has 0 amide bonds. The van der Waals surface area contributed by atoms with E-state index in [0.717, 1.165) is 29.7 Å². The molecule has 0 fully saturated rings. The van der Waals surface area contributed by atoms with Crippen molar-refractivity contribution < 1.29 is 0 Å².